The van der Waals surface area contributed by atoms with Crippen LogP contribution in [-0.2, 0) is 12.1 Å². The van der Waals surface area contributed by atoms with E-state index >= 15 is 0 Å². The molecule has 0 atom stereocenters. The smallest absolute Gasteiger partial charge is 0.162 e. The molecule has 0 saturated carbocycles. The standard InChI is InChI=1S/C18H18N4O/c1-12-6-14-7-13(11-22-5-4-15(9-19)21-22)8-16(18(2,3)23)17(14)20-10-12/h4-8,10,23H,11H2,1-3H3. The number of pyridine rings is 1. The molecule has 0 aliphatic heterocycles. The number of rotatable bonds is 3. The molecule has 3 aromatic rings. The van der Waals surface area contributed by atoms with Crippen LogP contribution >= 0.6 is 0 Å². The zero-order chi connectivity index (χ0) is 16.6. The first-order valence-electron chi connectivity index (χ1n) is 7.42. The molecule has 2 aromatic heterocycles. The highest BCUT2D eigenvalue weighted by atomic mass is 16.3. The van der Waals surface area contributed by atoms with Crippen LogP contribution in [0.5, 0.6) is 0 Å². The lowest BCUT2D eigenvalue weighted by Gasteiger charge is -2.21. The van der Waals surface area contributed by atoms with Gasteiger partial charge in [0.15, 0.2) is 5.69 Å². The lowest BCUT2D eigenvalue weighted by Crippen LogP contribution is -2.17. The molecular weight excluding hydrogens is 288 g/mol. The highest BCUT2D eigenvalue weighted by molar-refractivity contribution is 5.84. The summed E-state index contributed by atoms with van der Waals surface area (Å²) >= 11 is 0. The van der Waals surface area contributed by atoms with Gasteiger partial charge in [0.1, 0.15) is 6.07 Å². The second-order valence-electron chi connectivity index (χ2n) is 6.30. The predicted molar refractivity (Wildman–Crippen MR) is 87.8 cm³/mol. The molecule has 0 radical (unpaired) electrons. The van der Waals surface area contributed by atoms with Gasteiger partial charge in [0, 0.05) is 23.3 Å². The molecule has 0 amide bonds. The molecule has 0 bridgehead atoms. The molecule has 2 heterocycles. The quantitative estimate of drug-likeness (QED) is 0.807. The summed E-state index contributed by atoms with van der Waals surface area (Å²) < 4.78 is 1.72. The number of aryl methyl sites for hydroxylation is 1. The van der Waals surface area contributed by atoms with E-state index in [0.29, 0.717) is 12.2 Å². The van der Waals surface area contributed by atoms with E-state index in [1.807, 2.05) is 25.3 Å². The van der Waals surface area contributed by atoms with Crippen molar-refractivity contribution >= 4 is 10.9 Å². The van der Waals surface area contributed by atoms with Gasteiger partial charge in [-0.15, -0.1) is 0 Å². The maximum atomic E-state index is 10.5. The summed E-state index contributed by atoms with van der Waals surface area (Å²) in [6, 6.07) is 9.78. The molecular formula is C18H18N4O. The summed E-state index contributed by atoms with van der Waals surface area (Å²) in [4.78, 5) is 4.49. The summed E-state index contributed by atoms with van der Waals surface area (Å²) in [6.45, 7) is 6.05. The van der Waals surface area contributed by atoms with Crippen LogP contribution in [0.25, 0.3) is 10.9 Å². The summed E-state index contributed by atoms with van der Waals surface area (Å²) in [6.07, 6.45) is 3.59. The van der Waals surface area contributed by atoms with Gasteiger partial charge >= 0.3 is 0 Å². The fourth-order valence-electron chi connectivity index (χ4n) is 2.68. The summed E-state index contributed by atoms with van der Waals surface area (Å²) in [5.41, 5.74) is 3.09. The highest BCUT2D eigenvalue weighted by Crippen LogP contribution is 2.29. The number of hydrogen-bond acceptors (Lipinski definition) is 4. The number of hydrogen-bond donors (Lipinski definition) is 1. The number of aliphatic hydroxyl groups is 1. The van der Waals surface area contributed by atoms with Crippen LogP contribution in [0, 0.1) is 18.3 Å². The van der Waals surface area contributed by atoms with Crippen molar-refractivity contribution in [3.8, 4) is 6.07 Å². The molecule has 0 fully saturated rings. The molecule has 0 saturated heterocycles. The van der Waals surface area contributed by atoms with E-state index in [0.717, 1.165) is 27.6 Å². The Morgan fingerprint density at radius 1 is 1.30 bits per heavy atom. The van der Waals surface area contributed by atoms with Gasteiger partial charge in [-0.05, 0) is 56.2 Å². The Labute approximate surface area is 134 Å². The van der Waals surface area contributed by atoms with Crippen molar-refractivity contribution < 1.29 is 5.11 Å². The van der Waals surface area contributed by atoms with E-state index in [1.165, 1.54) is 0 Å². The zero-order valence-electron chi connectivity index (χ0n) is 13.4. The average Bonchev–Trinajstić information content (AvgIpc) is 2.92. The van der Waals surface area contributed by atoms with E-state index in [4.69, 9.17) is 5.26 Å². The molecule has 0 unspecified atom stereocenters. The number of nitrogens with zero attached hydrogens (tertiary/aromatic N) is 4. The van der Waals surface area contributed by atoms with Gasteiger partial charge in [0.05, 0.1) is 17.7 Å². The zero-order valence-corrected chi connectivity index (χ0v) is 13.4. The number of aromatic nitrogens is 3. The minimum atomic E-state index is -0.988. The molecule has 1 aromatic carbocycles. The topological polar surface area (TPSA) is 74.7 Å². The third kappa shape index (κ3) is 3.08. The van der Waals surface area contributed by atoms with Gasteiger partial charge < -0.3 is 5.11 Å². The van der Waals surface area contributed by atoms with Crippen molar-refractivity contribution in [3.63, 3.8) is 0 Å². The lowest BCUT2D eigenvalue weighted by molar-refractivity contribution is 0.0799. The molecule has 0 aliphatic carbocycles. The Balaban J connectivity index is 2.12. The van der Waals surface area contributed by atoms with E-state index in [1.54, 1.807) is 30.8 Å². The molecule has 5 heteroatoms. The fraction of sp³-hybridized carbons (Fsp3) is 0.278. The van der Waals surface area contributed by atoms with Crippen LogP contribution in [0.3, 0.4) is 0 Å². The monoisotopic (exact) mass is 306 g/mol. The Morgan fingerprint density at radius 2 is 2.09 bits per heavy atom. The van der Waals surface area contributed by atoms with Gasteiger partial charge in [0.2, 0.25) is 0 Å². The lowest BCUT2D eigenvalue weighted by atomic mass is 9.93. The Morgan fingerprint density at radius 3 is 2.74 bits per heavy atom. The Hall–Kier alpha value is -2.71. The first-order chi connectivity index (χ1) is 10.9. The van der Waals surface area contributed by atoms with Crippen LogP contribution in [0.15, 0.2) is 36.7 Å². The predicted octanol–water partition coefficient (Wildman–Crippen LogP) is 2.89. The molecule has 1 N–H and O–H groups in total. The van der Waals surface area contributed by atoms with Crippen LogP contribution < -0.4 is 0 Å². The second-order valence-corrected chi connectivity index (χ2v) is 6.30. The van der Waals surface area contributed by atoms with E-state index in [-0.39, 0.29) is 0 Å². The van der Waals surface area contributed by atoms with Gasteiger partial charge in [0.25, 0.3) is 0 Å². The number of benzene rings is 1. The van der Waals surface area contributed by atoms with Crippen LogP contribution in [0.2, 0.25) is 0 Å². The molecule has 3 rings (SSSR count). The third-order valence-electron chi connectivity index (χ3n) is 3.74. The highest BCUT2D eigenvalue weighted by Gasteiger charge is 2.21. The second kappa shape index (κ2) is 5.49. The number of fused-ring (bicyclic) bond motifs is 1. The van der Waals surface area contributed by atoms with Crippen molar-refractivity contribution in [1.82, 2.24) is 14.8 Å². The van der Waals surface area contributed by atoms with Gasteiger partial charge in [-0.3, -0.25) is 9.67 Å². The Bertz CT molecular complexity index is 913. The summed E-state index contributed by atoms with van der Waals surface area (Å²) in [7, 11) is 0. The molecule has 116 valence electrons. The first-order valence-corrected chi connectivity index (χ1v) is 7.42. The van der Waals surface area contributed by atoms with Crippen LogP contribution in [-0.4, -0.2) is 19.9 Å². The van der Waals surface area contributed by atoms with Crippen molar-refractivity contribution in [3.05, 3.63) is 59.0 Å². The summed E-state index contributed by atoms with van der Waals surface area (Å²) in [5.74, 6) is 0. The van der Waals surface area contributed by atoms with Gasteiger partial charge in [-0.2, -0.15) is 10.4 Å². The first kappa shape index (κ1) is 15.2. The fourth-order valence-corrected chi connectivity index (χ4v) is 2.68. The maximum absolute atomic E-state index is 10.5. The van der Waals surface area contributed by atoms with E-state index < -0.39 is 5.60 Å². The molecule has 0 spiro atoms. The van der Waals surface area contributed by atoms with E-state index in [9.17, 15) is 5.11 Å². The Kier molecular flexibility index (Phi) is 3.63. The van der Waals surface area contributed by atoms with Crippen LogP contribution in [0.1, 0.15) is 36.2 Å². The third-order valence-corrected chi connectivity index (χ3v) is 3.74. The van der Waals surface area contributed by atoms with Crippen molar-refractivity contribution in [2.24, 2.45) is 0 Å². The molecule has 23 heavy (non-hydrogen) atoms. The maximum Gasteiger partial charge on any atom is 0.162 e. The van der Waals surface area contributed by atoms with Crippen molar-refractivity contribution in [1.29, 1.82) is 5.26 Å². The normalized spacial score (nSPS) is 11.6. The molecule has 5 nitrogen and oxygen atoms in total. The van der Waals surface area contributed by atoms with Crippen LogP contribution in [0.4, 0.5) is 0 Å². The minimum absolute atomic E-state index is 0.394. The van der Waals surface area contributed by atoms with E-state index in [2.05, 4.69) is 22.2 Å². The van der Waals surface area contributed by atoms with Crippen molar-refractivity contribution in [2.45, 2.75) is 32.9 Å². The average molecular weight is 306 g/mol. The molecule has 0 aliphatic rings. The van der Waals surface area contributed by atoms with Gasteiger partial charge in [-0.1, -0.05) is 0 Å². The minimum Gasteiger partial charge on any atom is -0.386 e. The van der Waals surface area contributed by atoms with Gasteiger partial charge in [-0.25, -0.2) is 0 Å². The van der Waals surface area contributed by atoms with Crippen molar-refractivity contribution in [2.75, 3.05) is 0 Å². The summed E-state index contributed by atoms with van der Waals surface area (Å²) in [5, 5.41) is 24.5. The number of nitriles is 1. The SMILES string of the molecule is Cc1cnc2c(C(C)(C)O)cc(Cn3ccc(C#N)n3)cc2c1. The largest absolute Gasteiger partial charge is 0.386 e.